The molecule has 1 rings (SSSR count). The van der Waals surface area contributed by atoms with Gasteiger partial charge in [-0.2, -0.15) is 0 Å². The van der Waals surface area contributed by atoms with Crippen LogP contribution in [0.15, 0.2) is 0 Å². The molecule has 1 amide bonds. The Kier molecular flexibility index (Phi) is 5.41. The Balaban J connectivity index is 2.51. The summed E-state index contributed by atoms with van der Waals surface area (Å²) >= 11 is 0. The van der Waals surface area contributed by atoms with Crippen LogP contribution < -0.4 is 11.1 Å². The molecule has 1 aliphatic carbocycles. The van der Waals surface area contributed by atoms with Crippen LogP contribution in [0.1, 0.15) is 44.9 Å². The lowest BCUT2D eigenvalue weighted by atomic mass is 9.71. The summed E-state index contributed by atoms with van der Waals surface area (Å²) in [5, 5.41) is 11.8. The first-order valence-electron chi connectivity index (χ1n) is 6.26. The number of carbonyl (C=O) groups is 2. The van der Waals surface area contributed by atoms with E-state index in [1.165, 1.54) is 0 Å². The van der Waals surface area contributed by atoms with Gasteiger partial charge in [-0.3, -0.25) is 9.59 Å². The Bertz CT molecular complexity index is 273. The molecule has 1 fully saturated rings. The van der Waals surface area contributed by atoms with Crippen LogP contribution in [0.4, 0.5) is 0 Å². The standard InChI is InChI=1S/C12H22N2O3/c13-7-4-10(15)14-9-12(8-11(16)17)5-2-1-3-6-12/h1-9,13H2,(H,14,15)(H,16,17). The van der Waals surface area contributed by atoms with Gasteiger partial charge in [0.2, 0.25) is 5.91 Å². The summed E-state index contributed by atoms with van der Waals surface area (Å²) in [4.78, 5) is 22.3. The summed E-state index contributed by atoms with van der Waals surface area (Å²) in [6.07, 6.45) is 5.52. The molecular weight excluding hydrogens is 220 g/mol. The van der Waals surface area contributed by atoms with Crippen LogP contribution in [0.2, 0.25) is 0 Å². The summed E-state index contributed by atoms with van der Waals surface area (Å²) in [5.41, 5.74) is 5.06. The lowest BCUT2D eigenvalue weighted by Gasteiger charge is -2.36. The predicted molar refractivity (Wildman–Crippen MR) is 64.5 cm³/mol. The van der Waals surface area contributed by atoms with Crippen molar-refractivity contribution in [3.63, 3.8) is 0 Å². The normalized spacial score (nSPS) is 18.6. The fourth-order valence-electron chi connectivity index (χ4n) is 2.54. The van der Waals surface area contributed by atoms with E-state index in [1.54, 1.807) is 0 Å². The van der Waals surface area contributed by atoms with Crippen molar-refractivity contribution < 1.29 is 14.7 Å². The number of rotatable bonds is 6. The summed E-state index contributed by atoms with van der Waals surface area (Å²) in [6.45, 7) is 0.801. The summed E-state index contributed by atoms with van der Waals surface area (Å²) < 4.78 is 0. The van der Waals surface area contributed by atoms with E-state index >= 15 is 0 Å². The van der Waals surface area contributed by atoms with Crippen LogP contribution in [0, 0.1) is 5.41 Å². The van der Waals surface area contributed by atoms with Gasteiger partial charge in [-0.25, -0.2) is 0 Å². The van der Waals surface area contributed by atoms with E-state index in [1.807, 2.05) is 0 Å². The third-order valence-electron chi connectivity index (χ3n) is 3.47. The van der Waals surface area contributed by atoms with Crippen LogP contribution in [0.3, 0.4) is 0 Å². The Morgan fingerprint density at radius 2 is 1.88 bits per heavy atom. The van der Waals surface area contributed by atoms with E-state index < -0.39 is 5.97 Å². The molecule has 5 nitrogen and oxygen atoms in total. The molecule has 0 spiro atoms. The fraction of sp³-hybridized carbons (Fsp3) is 0.833. The first-order valence-corrected chi connectivity index (χ1v) is 6.26. The molecular formula is C12H22N2O3. The van der Waals surface area contributed by atoms with E-state index in [0.717, 1.165) is 32.1 Å². The minimum atomic E-state index is -0.778. The topological polar surface area (TPSA) is 92.4 Å². The first kappa shape index (κ1) is 14.0. The van der Waals surface area contributed by atoms with Gasteiger partial charge in [-0.05, 0) is 18.3 Å². The fourth-order valence-corrected chi connectivity index (χ4v) is 2.54. The van der Waals surface area contributed by atoms with Crippen LogP contribution >= 0.6 is 0 Å². The van der Waals surface area contributed by atoms with Crippen molar-refractivity contribution in [1.29, 1.82) is 0 Å². The third-order valence-corrected chi connectivity index (χ3v) is 3.47. The average molecular weight is 242 g/mol. The first-order chi connectivity index (χ1) is 8.08. The lowest BCUT2D eigenvalue weighted by molar-refractivity contribution is -0.140. The van der Waals surface area contributed by atoms with Gasteiger partial charge in [-0.1, -0.05) is 19.3 Å². The molecule has 98 valence electrons. The molecule has 5 heteroatoms. The van der Waals surface area contributed by atoms with Crippen LogP contribution in [-0.2, 0) is 9.59 Å². The number of carbonyl (C=O) groups excluding carboxylic acids is 1. The third kappa shape index (κ3) is 4.73. The van der Waals surface area contributed by atoms with Crippen molar-refractivity contribution in [2.45, 2.75) is 44.9 Å². The highest BCUT2D eigenvalue weighted by atomic mass is 16.4. The van der Waals surface area contributed by atoms with E-state index in [0.29, 0.717) is 19.5 Å². The molecule has 0 aromatic heterocycles. The molecule has 0 bridgehead atoms. The number of hydrogen-bond donors (Lipinski definition) is 3. The zero-order valence-electron chi connectivity index (χ0n) is 10.2. The van der Waals surface area contributed by atoms with Crippen molar-refractivity contribution >= 4 is 11.9 Å². The second-order valence-corrected chi connectivity index (χ2v) is 4.95. The van der Waals surface area contributed by atoms with Gasteiger partial charge >= 0.3 is 5.97 Å². The molecule has 0 aliphatic heterocycles. The number of nitrogens with two attached hydrogens (primary N) is 1. The maximum Gasteiger partial charge on any atom is 0.303 e. The van der Waals surface area contributed by atoms with Gasteiger partial charge in [-0.15, -0.1) is 0 Å². The molecule has 0 unspecified atom stereocenters. The van der Waals surface area contributed by atoms with Crippen LogP contribution in [0.5, 0.6) is 0 Å². The summed E-state index contributed by atoms with van der Waals surface area (Å²) in [7, 11) is 0. The van der Waals surface area contributed by atoms with E-state index in [2.05, 4.69) is 5.32 Å². The van der Waals surface area contributed by atoms with Crippen molar-refractivity contribution in [3.05, 3.63) is 0 Å². The molecule has 0 aromatic carbocycles. The molecule has 1 aliphatic rings. The van der Waals surface area contributed by atoms with Gasteiger partial charge in [0.05, 0.1) is 6.42 Å². The molecule has 0 atom stereocenters. The Morgan fingerprint density at radius 1 is 1.24 bits per heavy atom. The highest BCUT2D eigenvalue weighted by Gasteiger charge is 2.34. The molecule has 0 aromatic rings. The van der Waals surface area contributed by atoms with E-state index in [9.17, 15) is 9.59 Å². The van der Waals surface area contributed by atoms with E-state index in [-0.39, 0.29) is 17.7 Å². The highest BCUT2D eigenvalue weighted by Crippen LogP contribution is 2.38. The zero-order valence-corrected chi connectivity index (χ0v) is 10.2. The largest absolute Gasteiger partial charge is 0.481 e. The molecule has 0 saturated heterocycles. The molecule has 1 saturated carbocycles. The predicted octanol–water partition coefficient (Wildman–Crippen LogP) is 0.877. The minimum Gasteiger partial charge on any atom is -0.481 e. The van der Waals surface area contributed by atoms with Crippen molar-refractivity contribution in [3.8, 4) is 0 Å². The zero-order chi connectivity index (χ0) is 12.7. The van der Waals surface area contributed by atoms with Crippen LogP contribution in [0.25, 0.3) is 0 Å². The minimum absolute atomic E-state index is 0.0807. The lowest BCUT2D eigenvalue weighted by Crippen LogP contribution is -2.40. The summed E-state index contributed by atoms with van der Waals surface area (Å²) in [5.74, 6) is -0.859. The highest BCUT2D eigenvalue weighted by molar-refractivity contribution is 5.76. The molecule has 17 heavy (non-hydrogen) atoms. The van der Waals surface area contributed by atoms with E-state index in [4.69, 9.17) is 10.8 Å². The SMILES string of the molecule is NCCC(=O)NCC1(CC(=O)O)CCCCC1. The number of aliphatic carboxylic acids is 1. The maximum atomic E-state index is 11.4. The van der Waals surface area contributed by atoms with Gasteiger partial charge in [0, 0.05) is 19.5 Å². The quantitative estimate of drug-likeness (QED) is 0.644. The molecule has 0 heterocycles. The number of hydrogen-bond acceptors (Lipinski definition) is 3. The number of carboxylic acids is 1. The number of nitrogens with one attached hydrogen (secondary N) is 1. The number of amides is 1. The Labute approximate surface area is 102 Å². The van der Waals surface area contributed by atoms with Gasteiger partial charge in [0.25, 0.3) is 0 Å². The molecule has 4 N–H and O–H groups in total. The van der Waals surface area contributed by atoms with Gasteiger partial charge in [0.1, 0.15) is 0 Å². The number of carboxylic acid groups (broad SMARTS) is 1. The second-order valence-electron chi connectivity index (χ2n) is 4.95. The average Bonchev–Trinajstić information content (AvgIpc) is 2.27. The van der Waals surface area contributed by atoms with Crippen molar-refractivity contribution in [2.75, 3.05) is 13.1 Å². The summed E-state index contributed by atoms with van der Waals surface area (Å²) in [6, 6.07) is 0. The smallest absolute Gasteiger partial charge is 0.303 e. The second kappa shape index (κ2) is 6.59. The molecule has 0 radical (unpaired) electrons. The van der Waals surface area contributed by atoms with Crippen LogP contribution in [-0.4, -0.2) is 30.1 Å². The van der Waals surface area contributed by atoms with Gasteiger partial charge in [0.15, 0.2) is 0 Å². The van der Waals surface area contributed by atoms with Gasteiger partial charge < -0.3 is 16.2 Å². The Hall–Kier alpha value is -1.10. The maximum absolute atomic E-state index is 11.4. The van der Waals surface area contributed by atoms with Crippen molar-refractivity contribution in [2.24, 2.45) is 11.1 Å². The van der Waals surface area contributed by atoms with Crippen molar-refractivity contribution in [1.82, 2.24) is 5.32 Å². The monoisotopic (exact) mass is 242 g/mol. The Morgan fingerprint density at radius 3 is 2.41 bits per heavy atom.